The number of aliphatic hydroxyl groups excluding tert-OH is 1. The lowest BCUT2D eigenvalue weighted by Gasteiger charge is -2.16. The molecule has 1 N–H and O–H groups in total. The van der Waals surface area contributed by atoms with Gasteiger partial charge in [-0.1, -0.05) is 31.5 Å². The van der Waals surface area contributed by atoms with Crippen molar-refractivity contribution < 1.29 is 23.1 Å². The molecule has 0 bridgehead atoms. The van der Waals surface area contributed by atoms with E-state index in [-0.39, 0.29) is 12.0 Å². The molecule has 0 aliphatic carbocycles. The molecule has 1 aromatic carbocycles. The molecule has 0 amide bonds. The number of hydrogen-bond acceptors (Lipinski definition) is 2. The second-order valence-electron chi connectivity index (χ2n) is 4.06. The maximum Gasteiger partial charge on any atom is 0.416 e. The van der Waals surface area contributed by atoms with E-state index < -0.39 is 23.6 Å². The van der Waals surface area contributed by atoms with E-state index in [4.69, 9.17) is 0 Å². The van der Waals surface area contributed by atoms with Crippen LogP contribution in [0.4, 0.5) is 13.2 Å². The average Bonchev–Trinajstić information content (AvgIpc) is 2.34. The minimum absolute atomic E-state index is 0.0872. The van der Waals surface area contributed by atoms with Crippen LogP contribution in [-0.4, -0.2) is 10.9 Å². The van der Waals surface area contributed by atoms with Crippen LogP contribution in [0, 0.1) is 0 Å². The number of Topliss-reactive ketones (excluding diaryl/α,β-unsaturated/α-hetero) is 1. The molecule has 0 heterocycles. The Morgan fingerprint density at radius 1 is 1.33 bits per heavy atom. The number of alkyl halides is 3. The Balaban J connectivity index is 2.99. The first-order valence-corrected chi connectivity index (χ1v) is 5.74. The molecule has 2 nitrogen and oxygen atoms in total. The van der Waals surface area contributed by atoms with Crippen LogP contribution in [0.2, 0.25) is 0 Å². The van der Waals surface area contributed by atoms with Crippen molar-refractivity contribution in [2.45, 2.75) is 38.5 Å². The summed E-state index contributed by atoms with van der Waals surface area (Å²) in [7, 11) is 0. The second-order valence-corrected chi connectivity index (χ2v) is 4.06. The van der Waals surface area contributed by atoms with E-state index >= 15 is 0 Å². The van der Waals surface area contributed by atoms with Gasteiger partial charge in [0, 0.05) is 12.0 Å². The fourth-order valence-corrected chi connectivity index (χ4v) is 1.65. The highest BCUT2D eigenvalue weighted by atomic mass is 19.4. The van der Waals surface area contributed by atoms with Gasteiger partial charge in [0.1, 0.15) is 6.10 Å². The van der Waals surface area contributed by atoms with E-state index in [1.54, 1.807) is 0 Å². The first kappa shape index (κ1) is 14.7. The third kappa shape index (κ3) is 3.57. The third-order valence-electron chi connectivity index (χ3n) is 2.64. The van der Waals surface area contributed by atoms with E-state index in [2.05, 4.69) is 0 Å². The van der Waals surface area contributed by atoms with E-state index in [9.17, 15) is 23.1 Å². The Hall–Kier alpha value is -1.36. The highest BCUT2D eigenvalue weighted by molar-refractivity contribution is 5.84. The van der Waals surface area contributed by atoms with Gasteiger partial charge in [0.2, 0.25) is 0 Å². The first-order chi connectivity index (χ1) is 8.38. The number of benzene rings is 1. The summed E-state index contributed by atoms with van der Waals surface area (Å²) in [5.41, 5.74) is -1.33. The minimum Gasteiger partial charge on any atom is -0.381 e. The van der Waals surface area contributed by atoms with Crippen molar-refractivity contribution in [1.29, 1.82) is 0 Å². The van der Waals surface area contributed by atoms with Crippen molar-refractivity contribution >= 4 is 5.78 Å². The van der Waals surface area contributed by atoms with Crippen LogP contribution in [0.3, 0.4) is 0 Å². The first-order valence-electron chi connectivity index (χ1n) is 5.74. The summed E-state index contributed by atoms with van der Waals surface area (Å²) < 4.78 is 38.1. The zero-order chi connectivity index (χ0) is 13.8. The predicted molar refractivity (Wildman–Crippen MR) is 60.9 cm³/mol. The number of hydrogen-bond donors (Lipinski definition) is 1. The summed E-state index contributed by atoms with van der Waals surface area (Å²) in [5, 5.41) is 9.71. The van der Waals surface area contributed by atoms with Crippen molar-refractivity contribution in [1.82, 2.24) is 0 Å². The largest absolute Gasteiger partial charge is 0.416 e. The maximum atomic E-state index is 12.7. The standard InChI is InChI=1S/C13H15F3O2/c1-2-3-8-11(17)12(18)9-6-4-5-7-10(9)13(14,15)16/h4-7,12,18H,2-3,8H2,1H3. The molecule has 0 spiro atoms. The van der Waals surface area contributed by atoms with E-state index in [1.165, 1.54) is 12.1 Å². The van der Waals surface area contributed by atoms with Crippen LogP contribution in [0.15, 0.2) is 24.3 Å². The van der Waals surface area contributed by atoms with E-state index in [0.29, 0.717) is 6.42 Å². The molecule has 5 heteroatoms. The van der Waals surface area contributed by atoms with Gasteiger partial charge >= 0.3 is 6.18 Å². The zero-order valence-electron chi connectivity index (χ0n) is 10.00. The molecule has 0 saturated heterocycles. The van der Waals surface area contributed by atoms with Crippen molar-refractivity contribution in [3.63, 3.8) is 0 Å². The Morgan fingerprint density at radius 2 is 1.94 bits per heavy atom. The molecule has 1 atom stereocenters. The Bertz CT molecular complexity index is 413. The lowest BCUT2D eigenvalue weighted by Crippen LogP contribution is -2.17. The van der Waals surface area contributed by atoms with E-state index in [1.807, 2.05) is 6.92 Å². The number of aliphatic hydroxyl groups is 1. The number of carbonyl (C=O) groups is 1. The van der Waals surface area contributed by atoms with Crippen molar-refractivity contribution in [3.05, 3.63) is 35.4 Å². The molecule has 0 saturated carbocycles. The summed E-state index contributed by atoms with van der Waals surface area (Å²) in [5.74, 6) is -0.575. The van der Waals surface area contributed by atoms with Crippen LogP contribution in [-0.2, 0) is 11.0 Å². The smallest absolute Gasteiger partial charge is 0.381 e. The highest BCUT2D eigenvalue weighted by Gasteiger charge is 2.35. The highest BCUT2D eigenvalue weighted by Crippen LogP contribution is 2.35. The molecule has 0 fully saturated rings. The predicted octanol–water partition coefficient (Wildman–Crippen LogP) is 3.50. The normalized spacial score (nSPS) is 13.4. The lowest BCUT2D eigenvalue weighted by molar-refractivity contribution is -0.140. The van der Waals surface area contributed by atoms with Crippen molar-refractivity contribution in [2.24, 2.45) is 0 Å². The summed E-state index contributed by atoms with van der Waals surface area (Å²) >= 11 is 0. The van der Waals surface area contributed by atoms with Gasteiger partial charge in [-0.25, -0.2) is 0 Å². The van der Waals surface area contributed by atoms with Gasteiger partial charge in [-0.2, -0.15) is 13.2 Å². The maximum absolute atomic E-state index is 12.7. The lowest BCUT2D eigenvalue weighted by atomic mass is 9.97. The molecule has 0 aromatic heterocycles. The molecule has 1 aromatic rings. The molecular formula is C13H15F3O2. The van der Waals surface area contributed by atoms with Crippen LogP contribution in [0.1, 0.15) is 43.4 Å². The quantitative estimate of drug-likeness (QED) is 0.879. The number of ketones is 1. The number of halogens is 3. The molecule has 18 heavy (non-hydrogen) atoms. The third-order valence-corrected chi connectivity index (χ3v) is 2.64. The van der Waals surface area contributed by atoms with Gasteiger partial charge in [-0.05, 0) is 12.5 Å². The van der Waals surface area contributed by atoms with Gasteiger partial charge in [0.15, 0.2) is 5.78 Å². The van der Waals surface area contributed by atoms with Gasteiger partial charge in [-0.15, -0.1) is 0 Å². The van der Waals surface area contributed by atoms with Gasteiger partial charge in [0.05, 0.1) is 5.56 Å². The second kappa shape index (κ2) is 6.00. The number of carbonyl (C=O) groups excluding carboxylic acids is 1. The van der Waals surface area contributed by atoms with Crippen LogP contribution < -0.4 is 0 Å². The van der Waals surface area contributed by atoms with Crippen molar-refractivity contribution in [2.75, 3.05) is 0 Å². The van der Waals surface area contributed by atoms with Gasteiger partial charge in [-0.3, -0.25) is 4.79 Å². The topological polar surface area (TPSA) is 37.3 Å². The fraction of sp³-hybridized carbons (Fsp3) is 0.462. The molecule has 1 rings (SSSR count). The van der Waals surface area contributed by atoms with Crippen molar-refractivity contribution in [3.8, 4) is 0 Å². The monoisotopic (exact) mass is 260 g/mol. The van der Waals surface area contributed by atoms with Crippen LogP contribution in [0.25, 0.3) is 0 Å². The molecular weight excluding hydrogens is 245 g/mol. The molecule has 0 radical (unpaired) electrons. The number of rotatable bonds is 5. The molecule has 1 unspecified atom stereocenters. The fourth-order valence-electron chi connectivity index (χ4n) is 1.65. The summed E-state index contributed by atoms with van der Waals surface area (Å²) in [4.78, 5) is 11.6. The van der Waals surface area contributed by atoms with E-state index in [0.717, 1.165) is 18.6 Å². The average molecular weight is 260 g/mol. The summed E-state index contributed by atoms with van der Waals surface area (Å²) in [6, 6.07) is 4.61. The minimum atomic E-state index is -4.57. The van der Waals surface area contributed by atoms with Gasteiger partial charge in [0.25, 0.3) is 0 Å². The van der Waals surface area contributed by atoms with Crippen LogP contribution >= 0.6 is 0 Å². The summed E-state index contributed by atoms with van der Waals surface area (Å²) in [6.45, 7) is 1.86. The Labute approximate surface area is 103 Å². The SMILES string of the molecule is CCCCC(=O)C(O)c1ccccc1C(F)(F)F. The summed E-state index contributed by atoms with van der Waals surface area (Å²) in [6.07, 6.45) is -4.87. The zero-order valence-corrected chi connectivity index (χ0v) is 10.00. The molecule has 100 valence electrons. The Morgan fingerprint density at radius 3 is 2.50 bits per heavy atom. The molecule has 0 aliphatic heterocycles. The Kier molecular flexibility index (Phi) is 4.90. The van der Waals surface area contributed by atoms with Crippen LogP contribution in [0.5, 0.6) is 0 Å². The number of unbranched alkanes of at least 4 members (excludes halogenated alkanes) is 1. The molecule has 0 aliphatic rings. The van der Waals surface area contributed by atoms with Gasteiger partial charge < -0.3 is 5.11 Å².